The van der Waals surface area contributed by atoms with E-state index in [9.17, 15) is 14.5 Å². The molecule has 1 aromatic heterocycles. The zero-order chi connectivity index (χ0) is 13.8. The predicted octanol–water partition coefficient (Wildman–Crippen LogP) is 3.30. The van der Waals surface area contributed by atoms with Gasteiger partial charge in [0.25, 0.3) is 5.69 Å². The van der Waals surface area contributed by atoms with E-state index in [1.807, 2.05) is 13.0 Å². The molecule has 0 aliphatic heterocycles. The van der Waals surface area contributed by atoms with Crippen LogP contribution in [0.25, 0.3) is 0 Å². The quantitative estimate of drug-likeness (QED) is 0.677. The molecule has 19 heavy (non-hydrogen) atoms. The highest BCUT2D eigenvalue weighted by Crippen LogP contribution is 2.28. The molecule has 1 aromatic carbocycles. The van der Waals surface area contributed by atoms with E-state index in [1.54, 1.807) is 18.5 Å². The first-order chi connectivity index (χ1) is 9.08. The predicted molar refractivity (Wildman–Crippen MR) is 69.3 cm³/mol. The Morgan fingerprint density at radius 1 is 1.42 bits per heavy atom. The van der Waals surface area contributed by atoms with Gasteiger partial charge in [-0.1, -0.05) is 6.07 Å². The Kier molecular flexibility index (Phi) is 3.70. The molecule has 1 heterocycles. The van der Waals surface area contributed by atoms with Crippen molar-refractivity contribution in [3.8, 4) is 0 Å². The van der Waals surface area contributed by atoms with Gasteiger partial charge in [0, 0.05) is 12.4 Å². The summed E-state index contributed by atoms with van der Waals surface area (Å²) in [5.41, 5.74) is 0.889. The van der Waals surface area contributed by atoms with Crippen molar-refractivity contribution in [2.75, 3.05) is 5.32 Å². The molecule has 1 N–H and O–H groups in total. The maximum absolute atomic E-state index is 13.0. The highest BCUT2D eigenvalue weighted by molar-refractivity contribution is 5.62. The summed E-state index contributed by atoms with van der Waals surface area (Å²) < 4.78 is 13.0. The molecular formula is C13H12FN3O2. The number of hydrogen-bond acceptors (Lipinski definition) is 4. The second-order valence-electron chi connectivity index (χ2n) is 4.07. The molecule has 5 nitrogen and oxygen atoms in total. The van der Waals surface area contributed by atoms with Gasteiger partial charge in [0.15, 0.2) is 0 Å². The lowest BCUT2D eigenvalue weighted by Crippen LogP contribution is -2.08. The van der Waals surface area contributed by atoms with Crippen LogP contribution in [-0.4, -0.2) is 9.91 Å². The number of aromatic nitrogens is 1. The maximum Gasteiger partial charge on any atom is 0.295 e. The summed E-state index contributed by atoms with van der Waals surface area (Å²) in [5.74, 6) is -0.633. The minimum Gasteiger partial charge on any atom is -0.373 e. The van der Waals surface area contributed by atoms with Gasteiger partial charge in [-0.2, -0.15) is 0 Å². The van der Waals surface area contributed by atoms with Crippen molar-refractivity contribution in [1.29, 1.82) is 0 Å². The molecule has 1 unspecified atom stereocenters. The second kappa shape index (κ2) is 5.43. The van der Waals surface area contributed by atoms with Crippen molar-refractivity contribution in [2.45, 2.75) is 13.0 Å². The number of halogens is 1. The molecule has 2 rings (SSSR count). The first-order valence-electron chi connectivity index (χ1n) is 5.68. The summed E-state index contributed by atoms with van der Waals surface area (Å²) in [6.07, 6.45) is 3.32. The monoisotopic (exact) mass is 261 g/mol. The fourth-order valence-corrected chi connectivity index (χ4v) is 1.73. The SMILES string of the molecule is CC(Nc1ccc(F)cc1[N+](=O)[O-])c1cccnc1. The first-order valence-corrected chi connectivity index (χ1v) is 5.68. The van der Waals surface area contributed by atoms with E-state index in [-0.39, 0.29) is 17.4 Å². The molecule has 0 bridgehead atoms. The average molecular weight is 261 g/mol. The summed E-state index contributed by atoms with van der Waals surface area (Å²) in [4.78, 5) is 14.3. The topological polar surface area (TPSA) is 68.1 Å². The minimum absolute atomic E-state index is 0.169. The summed E-state index contributed by atoms with van der Waals surface area (Å²) >= 11 is 0. The third-order valence-electron chi connectivity index (χ3n) is 2.71. The molecule has 0 fully saturated rings. The molecule has 0 saturated carbocycles. The fourth-order valence-electron chi connectivity index (χ4n) is 1.73. The summed E-state index contributed by atoms with van der Waals surface area (Å²) in [7, 11) is 0. The first kappa shape index (κ1) is 12.9. The lowest BCUT2D eigenvalue weighted by Gasteiger charge is -2.15. The smallest absolute Gasteiger partial charge is 0.295 e. The number of nitro groups is 1. The molecule has 98 valence electrons. The van der Waals surface area contributed by atoms with Crippen molar-refractivity contribution in [3.63, 3.8) is 0 Å². The average Bonchev–Trinajstić information content (AvgIpc) is 2.41. The van der Waals surface area contributed by atoms with Gasteiger partial charge in [0.2, 0.25) is 0 Å². The van der Waals surface area contributed by atoms with Crippen LogP contribution in [0.3, 0.4) is 0 Å². The van der Waals surface area contributed by atoms with Crippen LogP contribution in [0, 0.1) is 15.9 Å². The van der Waals surface area contributed by atoms with Gasteiger partial charge in [-0.15, -0.1) is 0 Å². The Morgan fingerprint density at radius 2 is 2.21 bits per heavy atom. The number of benzene rings is 1. The van der Waals surface area contributed by atoms with Crippen LogP contribution in [0.15, 0.2) is 42.7 Å². The highest BCUT2D eigenvalue weighted by atomic mass is 19.1. The Hall–Kier alpha value is -2.50. The van der Waals surface area contributed by atoms with Crippen LogP contribution in [0.2, 0.25) is 0 Å². The van der Waals surface area contributed by atoms with E-state index in [1.165, 1.54) is 12.1 Å². The number of nitrogens with one attached hydrogen (secondary N) is 1. The zero-order valence-electron chi connectivity index (χ0n) is 10.2. The van der Waals surface area contributed by atoms with Gasteiger partial charge in [0.05, 0.1) is 17.0 Å². The zero-order valence-corrected chi connectivity index (χ0v) is 10.2. The lowest BCUT2D eigenvalue weighted by atomic mass is 10.1. The largest absolute Gasteiger partial charge is 0.373 e. The molecule has 2 aromatic rings. The van der Waals surface area contributed by atoms with Gasteiger partial charge in [-0.05, 0) is 30.7 Å². The van der Waals surface area contributed by atoms with Crippen LogP contribution in [0.1, 0.15) is 18.5 Å². The van der Waals surface area contributed by atoms with Gasteiger partial charge in [-0.25, -0.2) is 4.39 Å². The number of nitrogens with zero attached hydrogens (tertiary/aromatic N) is 2. The Labute approximate surface area is 109 Å². The van der Waals surface area contributed by atoms with Crippen LogP contribution in [-0.2, 0) is 0 Å². The molecule has 0 radical (unpaired) electrons. The van der Waals surface area contributed by atoms with E-state index in [2.05, 4.69) is 10.3 Å². The van der Waals surface area contributed by atoms with Crippen LogP contribution in [0.5, 0.6) is 0 Å². The Morgan fingerprint density at radius 3 is 2.84 bits per heavy atom. The normalized spacial score (nSPS) is 11.9. The molecule has 0 amide bonds. The summed E-state index contributed by atoms with van der Waals surface area (Å²) in [6.45, 7) is 1.85. The highest BCUT2D eigenvalue weighted by Gasteiger charge is 2.17. The van der Waals surface area contributed by atoms with Gasteiger partial charge in [-0.3, -0.25) is 15.1 Å². The summed E-state index contributed by atoms with van der Waals surface area (Å²) in [6, 6.07) is 6.93. The number of anilines is 1. The molecule has 6 heteroatoms. The molecule has 1 atom stereocenters. The van der Waals surface area contributed by atoms with Gasteiger partial charge >= 0.3 is 0 Å². The van der Waals surface area contributed by atoms with Crippen molar-refractivity contribution in [2.24, 2.45) is 0 Å². The van der Waals surface area contributed by atoms with E-state index < -0.39 is 10.7 Å². The van der Waals surface area contributed by atoms with Crippen LogP contribution < -0.4 is 5.32 Å². The molecular weight excluding hydrogens is 249 g/mol. The standard InChI is InChI=1S/C13H12FN3O2/c1-9(10-3-2-6-15-8-10)16-12-5-4-11(14)7-13(12)17(18)19/h2-9,16H,1H3. The molecule has 0 aliphatic carbocycles. The molecule has 0 saturated heterocycles. The van der Waals surface area contributed by atoms with Crippen molar-refractivity contribution >= 4 is 11.4 Å². The minimum atomic E-state index is -0.633. The second-order valence-corrected chi connectivity index (χ2v) is 4.07. The molecule has 0 spiro atoms. The van der Waals surface area contributed by atoms with E-state index >= 15 is 0 Å². The number of pyridine rings is 1. The van der Waals surface area contributed by atoms with Gasteiger partial charge in [0.1, 0.15) is 11.5 Å². The number of nitro benzene ring substituents is 1. The lowest BCUT2D eigenvalue weighted by molar-refractivity contribution is -0.384. The van der Waals surface area contributed by atoms with Crippen molar-refractivity contribution in [3.05, 3.63) is 64.2 Å². The maximum atomic E-state index is 13.0. The third-order valence-corrected chi connectivity index (χ3v) is 2.71. The Bertz CT molecular complexity index is 590. The summed E-state index contributed by atoms with van der Waals surface area (Å²) in [5, 5.41) is 13.9. The molecule has 0 aliphatic rings. The number of hydrogen-bond donors (Lipinski definition) is 1. The van der Waals surface area contributed by atoms with Gasteiger partial charge < -0.3 is 5.32 Å². The van der Waals surface area contributed by atoms with Crippen molar-refractivity contribution in [1.82, 2.24) is 4.98 Å². The third kappa shape index (κ3) is 3.04. The number of rotatable bonds is 4. The van der Waals surface area contributed by atoms with E-state index in [4.69, 9.17) is 0 Å². The van der Waals surface area contributed by atoms with E-state index in [0.29, 0.717) is 0 Å². The van der Waals surface area contributed by atoms with E-state index in [0.717, 1.165) is 11.6 Å². The van der Waals surface area contributed by atoms with Crippen LogP contribution >= 0.6 is 0 Å². The fraction of sp³-hybridized carbons (Fsp3) is 0.154. The van der Waals surface area contributed by atoms with Crippen LogP contribution in [0.4, 0.5) is 15.8 Å². The van der Waals surface area contributed by atoms with Crippen molar-refractivity contribution < 1.29 is 9.31 Å². The Balaban J connectivity index is 2.26.